The largest absolute Gasteiger partial charge is 0.490 e. The maximum atomic E-state index is 10.6. The van der Waals surface area contributed by atoms with Gasteiger partial charge in [0.25, 0.3) is 0 Å². The van der Waals surface area contributed by atoms with Crippen LogP contribution in [-0.2, 0) is 16.0 Å². The molecule has 1 aromatic carbocycles. The number of anilines is 1. The van der Waals surface area contributed by atoms with Crippen molar-refractivity contribution in [1.29, 1.82) is 0 Å². The molecular weight excluding hydrogens is 506 g/mol. The number of carbonyl (C=O) groups is 1. The summed E-state index contributed by atoms with van der Waals surface area (Å²) in [4.78, 5) is 18.4. The lowest BCUT2D eigenvalue weighted by Crippen LogP contribution is -2.56. The van der Waals surface area contributed by atoms with Crippen molar-refractivity contribution in [3.05, 3.63) is 58.2 Å². The summed E-state index contributed by atoms with van der Waals surface area (Å²) >= 11 is 12.2. The van der Waals surface area contributed by atoms with Crippen molar-refractivity contribution in [2.45, 2.75) is 50.6 Å². The van der Waals surface area contributed by atoms with Gasteiger partial charge in [0.2, 0.25) is 0 Å². The summed E-state index contributed by atoms with van der Waals surface area (Å²) < 4.78 is 37.7. The SMILES string of the molecule is C[C@H]1CN(C2CCN(c3cc(Cl)ccn3)CC2)[C@@H](Cc2ccc(Cl)cc2)CO1.O=C(O)C(F)(F)F. The maximum Gasteiger partial charge on any atom is 0.490 e. The number of hydrogen-bond acceptors (Lipinski definition) is 5. The molecule has 11 heteroatoms. The van der Waals surface area contributed by atoms with Crippen molar-refractivity contribution >= 4 is 35.0 Å². The normalized spacial score (nSPS) is 21.8. The number of piperidine rings is 1. The molecule has 35 heavy (non-hydrogen) atoms. The standard InChI is InChI=1S/C22H27Cl2N3O.C2HF3O2/c1-16-14-27(21(15-28-16)12-17-2-4-18(23)5-3-17)20-7-10-26(11-8-20)22-13-19(24)6-9-25-22;3-2(4,5)1(6)7/h2-6,9,13,16,20-21H,7-8,10-12,14-15H2,1H3;(H,6,7)/t16-,21-;/m0./s1. The summed E-state index contributed by atoms with van der Waals surface area (Å²) in [5.41, 5.74) is 1.32. The van der Waals surface area contributed by atoms with E-state index in [1.165, 1.54) is 5.56 Å². The molecule has 0 bridgehead atoms. The van der Waals surface area contributed by atoms with E-state index in [1.54, 1.807) is 6.20 Å². The highest BCUT2D eigenvalue weighted by molar-refractivity contribution is 6.31. The minimum Gasteiger partial charge on any atom is -0.475 e. The molecule has 0 radical (unpaired) electrons. The van der Waals surface area contributed by atoms with Gasteiger partial charge in [0.1, 0.15) is 5.82 Å². The molecule has 0 saturated carbocycles. The molecule has 0 unspecified atom stereocenters. The van der Waals surface area contributed by atoms with Gasteiger partial charge in [0, 0.05) is 48.0 Å². The molecule has 1 N–H and O–H groups in total. The smallest absolute Gasteiger partial charge is 0.475 e. The van der Waals surface area contributed by atoms with E-state index in [0.717, 1.165) is 61.4 Å². The first-order valence-corrected chi connectivity index (χ1v) is 12.1. The van der Waals surface area contributed by atoms with Gasteiger partial charge in [-0.15, -0.1) is 0 Å². The Labute approximate surface area is 212 Å². The van der Waals surface area contributed by atoms with E-state index in [0.29, 0.717) is 12.1 Å². The van der Waals surface area contributed by atoms with E-state index < -0.39 is 12.1 Å². The Kier molecular flexibility index (Phi) is 9.63. The number of morpholine rings is 1. The van der Waals surface area contributed by atoms with Crippen LogP contribution in [-0.4, -0.2) is 71.6 Å². The summed E-state index contributed by atoms with van der Waals surface area (Å²) in [5, 5.41) is 8.66. The number of alkyl halides is 3. The number of carboxylic acid groups (broad SMARTS) is 1. The van der Waals surface area contributed by atoms with E-state index in [1.807, 2.05) is 24.3 Å². The number of benzene rings is 1. The summed E-state index contributed by atoms with van der Waals surface area (Å²) in [6, 6.07) is 13.0. The Hall–Kier alpha value is -2.07. The maximum absolute atomic E-state index is 10.6. The van der Waals surface area contributed by atoms with Crippen LogP contribution in [0.5, 0.6) is 0 Å². The minimum atomic E-state index is -5.08. The van der Waals surface area contributed by atoms with E-state index >= 15 is 0 Å². The Bertz CT molecular complexity index is 970. The highest BCUT2D eigenvalue weighted by atomic mass is 35.5. The molecule has 0 spiro atoms. The lowest BCUT2D eigenvalue weighted by Gasteiger charge is -2.46. The monoisotopic (exact) mass is 533 g/mol. The fourth-order valence-electron chi connectivity index (χ4n) is 4.38. The van der Waals surface area contributed by atoms with E-state index in [2.05, 4.69) is 33.8 Å². The van der Waals surface area contributed by atoms with Crippen LogP contribution >= 0.6 is 23.2 Å². The van der Waals surface area contributed by atoms with E-state index in [9.17, 15) is 13.2 Å². The third kappa shape index (κ3) is 8.24. The minimum absolute atomic E-state index is 0.286. The summed E-state index contributed by atoms with van der Waals surface area (Å²) in [6.07, 6.45) is 0.264. The number of carboxylic acids is 1. The number of aliphatic carboxylic acids is 1. The third-order valence-electron chi connectivity index (χ3n) is 6.10. The fraction of sp³-hybridized carbons (Fsp3) is 0.500. The van der Waals surface area contributed by atoms with Crippen molar-refractivity contribution in [3.63, 3.8) is 0 Å². The van der Waals surface area contributed by atoms with Gasteiger partial charge >= 0.3 is 12.1 Å². The molecule has 2 fully saturated rings. The lowest BCUT2D eigenvalue weighted by atomic mass is 9.96. The number of hydrogen-bond donors (Lipinski definition) is 1. The van der Waals surface area contributed by atoms with Crippen molar-refractivity contribution in [2.75, 3.05) is 31.1 Å². The Morgan fingerprint density at radius 1 is 1.14 bits per heavy atom. The zero-order chi connectivity index (χ0) is 25.6. The van der Waals surface area contributed by atoms with Gasteiger partial charge in [0.05, 0.1) is 12.7 Å². The summed E-state index contributed by atoms with van der Waals surface area (Å²) in [7, 11) is 0. The second-order valence-electron chi connectivity index (χ2n) is 8.68. The van der Waals surface area contributed by atoms with Crippen LogP contribution < -0.4 is 4.90 Å². The Morgan fingerprint density at radius 3 is 2.34 bits per heavy atom. The average molecular weight is 534 g/mol. The van der Waals surface area contributed by atoms with Crippen LogP contribution in [0, 0.1) is 0 Å². The van der Waals surface area contributed by atoms with E-state index in [-0.39, 0.29) is 6.10 Å². The molecule has 1 aromatic heterocycles. The fourth-order valence-corrected chi connectivity index (χ4v) is 4.66. The molecule has 6 nitrogen and oxygen atoms in total. The number of pyridine rings is 1. The molecule has 0 amide bonds. The summed E-state index contributed by atoms with van der Waals surface area (Å²) in [6.45, 7) is 5.99. The zero-order valence-electron chi connectivity index (χ0n) is 19.2. The van der Waals surface area contributed by atoms with E-state index in [4.69, 9.17) is 37.8 Å². The molecule has 2 aliphatic heterocycles. The summed E-state index contributed by atoms with van der Waals surface area (Å²) in [5.74, 6) is -1.77. The van der Waals surface area contributed by atoms with Crippen LogP contribution in [0.25, 0.3) is 0 Å². The van der Waals surface area contributed by atoms with Gasteiger partial charge < -0.3 is 14.7 Å². The van der Waals surface area contributed by atoms with Gasteiger partial charge in [-0.3, -0.25) is 4.90 Å². The van der Waals surface area contributed by atoms with Crippen LogP contribution in [0.3, 0.4) is 0 Å². The highest BCUT2D eigenvalue weighted by Crippen LogP contribution is 2.27. The molecule has 2 atom stereocenters. The lowest BCUT2D eigenvalue weighted by molar-refractivity contribution is -0.192. The van der Waals surface area contributed by atoms with Gasteiger partial charge in [-0.2, -0.15) is 13.2 Å². The molecule has 4 rings (SSSR count). The van der Waals surface area contributed by atoms with Gasteiger partial charge in [-0.05, 0) is 56.0 Å². The second-order valence-corrected chi connectivity index (χ2v) is 9.55. The highest BCUT2D eigenvalue weighted by Gasteiger charge is 2.38. The van der Waals surface area contributed by atoms with Gasteiger partial charge in [-0.25, -0.2) is 9.78 Å². The van der Waals surface area contributed by atoms with Crippen molar-refractivity contribution in [2.24, 2.45) is 0 Å². The van der Waals surface area contributed by atoms with Crippen LogP contribution in [0.1, 0.15) is 25.3 Å². The average Bonchev–Trinajstić information content (AvgIpc) is 2.81. The quantitative estimate of drug-likeness (QED) is 0.573. The molecule has 192 valence electrons. The van der Waals surface area contributed by atoms with Crippen LogP contribution in [0.15, 0.2) is 42.6 Å². The molecular formula is C24H28Cl2F3N3O3. The van der Waals surface area contributed by atoms with Gasteiger partial charge in [-0.1, -0.05) is 35.3 Å². The van der Waals surface area contributed by atoms with Crippen LogP contribution in [0.4, 0.5) is 19.0 Å². The molecule has 2 aromatic rings. The predicted octanol–water partition coefficient (Wildman–Crippen LogP) is 5.32. The number of nitrogens with zero attached hydrogens (tertiary/aromatic N) is 3. The Balaban J connectivity index is 0.000000429. The number of rotatable bonds is 4. The topological polar surface area (TPSA) is 65.9 Å². The first-order chi connectivity index (χ1) is 16.5. The van der Waals surface area contributed by atoms with Crippen molar-refractivity contribution in [1.82, 2.24) is 9.88 Å². The number of aromatic nitrogens is 1. The molecule has 3 heterocycles. The molecule has 2 saturated heterocycles. The zero-order valence-corrected chi connectivity index (χ0v) is 20.7. The van der Waals surface area contributed by atoms with Crippen molar-refractivity contribution < 1.29 is 27.8 Å². The first-order valence-electron chi connectivity index (χ1n) is 11.3. The molecule has 2 aliphatic rings. The first kappa shape index (κ1) is 27.5. The molecule has 0 aliphatic carbocycles. The van der Waals surface area contributed by atoms with Crippen molar-refractivity contribution in [3.8, 4) is 0 Å². The number of ether oxygens (including phenoxy) is 1. The Morgan fingerprint density at radius 2 is 1.77 bits per heavy atom. The second kappa shape index (κ2) is 12.3. The number of halogens is 5. The third-order valence-corrected chi connectivity index (χ3v) is 6.59. The van der Waals surface area contributed by atoms with Gasteiger partial charge in [0.15, 0.2) is 0 Å². The predicted molar refractivity (Wildman–Crippen MR) is 129 cm³/mol. The van der Waals surface area contributed by atoms with Crippen LogP contribution in [0.2, 0.25) is 10.0 Å².